The maximum absolute atomic E-state index is 13.3. The number of amides is 1. The summed E-state index contributed by atoms with van der Waals surface area (Å²) in [5.41, 5.74) is 1.76. The number of pyridine rings is 1. The van der Waals surface area contributed by atoms with Crippen LogP contribution in [0.1, 0.15) is 42.7 Å². The van der Waals surface area contributed by atoms with E-state index in [0.29, 0.717) is 24.4 Å². The van der Waals surface area contributed by atoms with Crippen LogP contribution in [0.15, 0.2) is 41.4 Å². The molecule has 7 heteroatoms. The Morgan fingerprint density at radius 2 is 2.00 bits per heavy atom. The van der Waals surface area contributed by atoms with Gasteiger partial charge in [0.1, 0.15) is 17.9 Å². The van der Waals surface area contributed by atoms with Crippen molar-refractivity contribution < 1.29 is 9.53 Å². The monoisotopic (exact) mass is 455 g/mol. The molecular weight excluding hydrogens is 418 g/mol. The predicted molar refractivity (Wildman–Crippen MR) is 134 cm³/mol. The number of ether oxygens (including phenoxy) is 1. The van der Waals surface area contributed by atoms with Crippen LogP contribution in [0.2, 0.25) is 25.7 Å². The van der Waals surface area contributed by atoms with Gasteiger partial charge in [-0.15, -0.1) is 0 Å². The first-order chi connectivity index (χ1) is 15.1. The summed E-state index contributed by atoms with van der Waals surface area (Å²) >= 11 is 0. The zero-order chi connectivity index (χ0) is 23.5. The standard InChI is InChI=1S/C25H37N3O3Si/c1-7-25(12-10-9-11-13-25)20-17-27(3)24(30)22-19(20)16-21(23(29)26-8-2)28(22)18-31-14-15-32(4,5)6/h9-12,16-17H,7-8,13-15,18H2,1-6H3,(H,26,29). The fourth-order valence-corrected chi connectivity index (χ4v) is 5.05. The van der Waals surface area contributed by atoms with Gasteiger partial charge in [0.05, 0.1) is 0 Å². The highest BCUT2D eigenvalue weighted by molar-refractivity contribution is 6.76. The third-order valence-electron chi connectivity index (χ3n) is 6.33. The van der Waals surface area contributed by atoms with Gasteiger partial charge >= 0.3 is 0 Å². The molecule has 0 radical (unpaired) electrons. The van der Waals surface area contributed by atoms with Crippen molar-refractivity contribution in [3.8, 4) is 0 Å². The van der Waals surface area contributed by atoms with Crippen molar-refractivity contribution in [1.29, 1.82) is 0 Å². The molecule has 0 saturated carbocycles. The summed E-state index contributed by atoms with van der Waals surface area (Å²) in [6, 6.07) is 2.91. The van der Waals surface area contributed by atoms with Crippen LogP contribution >= 0.6 is 0 Å². The number of allylic oxidation sites excluding steroid dienone is 4. The maximum Gasteiger partial charge on any atom is 0.274 e. The van der Waals surface area contributed by atoms with Crippen molar-refractivity contribution in [2.75, 3.05) is 13.2 Å². The number of fused-ring (bicyclic) bond motifs is 1. The summed E-state index contributed by atoms with van der Waals surface area (Å²) in [6.07, 6.45) is 12.2. The number of rotatable bonds is 9. The Bertz CT molecular complexity index is 1100. The van der Waals surface area contributed by atoms with Crippen LogP contribution in [0.4, 0.5) is 0 Å². The molecule has 0 aliphatic heterocycles. The molecule has 174 valence electrons. The van der Waals surface area contributed by atoms with Crippen LogP contribution in [0.25, 0.3) is 10.9 Å². The van der Waals surface area contributed by atoms with Crippen LogP contribution < -0.4 is 10.9 Å². The van der Waals surface area contributed by atoms with E-state index in [1.807, 2.05) is 19.2 Å². The molecule has 1 aliphatic rings. The lowest BCUT2D eigenvalue weighted by atomic mass is 9.73. The third kappa shape index (κ3) is 4.83. The van der Waals surface area contributed by atoms with Gasteiger partial charge in [-0.2, -0.15) is 0 Å². The first kappa shape index (κ1) is 24.3. The Hall–Kier alpha value is -2.38. The zero-order valence-corrected chi connectivity index (χ0v) is 21.3. The molecule has 2 aromatic heterocycles. The van der Waals surface area contributed by atoms with Crippen molar-refractivity contribution in [3.63, 3.8) is 0 Å². The smallest absolute Gasteiger partial charge is 0.274 e. The Morgan fingerprint density at radius 1 is 1.25 bits per heavy atom. The van der Waals surface area contributed by atoms with E-state index in [4.69, 9.17) is 4.74 Å². The van der Waals surface area contributed by atoms with E-state index >= 15 is 0 Å². The molecule has 0 fully saturated rings. The van der Waals surface area contributed by atoms with Gasteiger partial charge in [-0.05, 0) is 37.4 Å². The molecule has 2 heterocycles. The van der Waals surface area contributed by atoms with Gasteiger partial charge in [0.25, 0.3) is 11.5 Å². The second kappa shape index (κ2) is 9.63. The Balaban J connectivity index is 2.17. The van der Waals surface area contributed by atoms with Gasteiger partial charge in [-0.1, -0.05) is 50.9 Å². The molecule has 32 heavy (non-hydrogen) atoms. The lowest BCUT2D eigenvalue weighted by molar-refractivity contribution is 0.0811. The molecular formula is C25H37N3O3Si. The van der Waals surface area contributed by atoms with E-state index in [1.165, 1.54) is 0 Å². The van der Waals surface area contributed by atoms with Crippen LogP contribution in [-0.2, 0) is 23.9 Å². The van der Waals surface area contributed by atoms with Gasteiger partial charge in [0, 0.05) is 45.3 Å². The van der Waals surface area contributed by atoms with E-state index in [-0.39, 0.29) is 23.6 Å². The Morgan fingerprint density at radius 3 is 2.59 bits per heavy atom. The Labute approximate surface area is 192 Å². The minimum absolute atomic E-state index is 0.116. The van der Waals surface area contributed by atoms with Crippen LogP contribution in [0.5, 0.6) is 0 Å². The largest absolute Gasteiger partial charge is 0.361 e. The summed E-state index contributed by atoms with van der Waals surface area (Å²) in [4.78, 5) is 26.2. The number of hydrogen-bond acceptors (Lipinski definition) is 3. The number of hydrogen-bond donors (Lipinski definition) is 1. The molecule has 1 aliphatic carbocycles. The lowest BCUT2D eigenvalue weighted by Crippen LogP contribution is -2.29. The second-order valence-electron chi connectivity index (χ2n) is 9.89. The maximum atomic E-state index is 13.3. The normalized spacial score (nSPS) is 18.4. The minimum atomic E-state index is -1.24. The van der Waals surface area contributed by atoms with Gasteiger partial charge in [0.2, 0.25) is 0 Å². The van der Waals surface area contributed by atoms with Crippen molar-refractivity contribution >= 4 is 24.9 Å². The first-order valence-corrected chi connectivity index (χ1v) is 15.3. The minimum Gasteiger partial charge on any atom is -0.361 e. The number of nitrogens with zero attached hydrogens (tertiary/aromatic N) is 2. The average molecular weight is 456 g/mol. The van der Waals surface area contributed by atoms with E-state index in [0.717, 1.165) is 29.8 Å². The van der Waals surface area contributed by atoms with E-state index in [1.54, 1.807) is 16.2 Å². The summed E-state index contributed by atoms with van der Waals surface area (Å²) in [5, 5.41) is 3.73. The highest BCUT2D eigenvalue weighted by Crippen LogP contribution is 2.39. The van der Waals surface area contributed by atoms with Gasteiger partial charge in [-0.25, -0.2) is 0 Å². The first-order valence-electron chi connectivity index (χ1n) is 11.6. The number of carbonyl (C=O) groups excluding carboxylic acids is 1. The summed E-state index contributed by atoms with van der Waals surface area (Å²) in [6.45, 7) is 12.3. The summed E-state index contributed by atoms with van der Waals surface area (Å²) in [7, 11) is 0.543. The molecule has 2 aromatic rings. The summed E-state index contributed by atoms with van der Waals surface area (Å²) in [5.74, 6) is -0.185. The summed E-state index contributed by atoms with van der Waals surface area (Å²) < 4.78 is 9.41. The van der Waals surface area contributed by atoms with Crippen LogP contribution in [0.3, 0.4) is 0 Å². The highest BCUT2D eigenvalue weighted by Gasteiger charge is 2.32. The van der Waals surface area contributed by atoms with Crippen molar-refractivity contribution in [2.24, 2.45) is 7.05 Å². The molecule has 0 spiro atoms. The average Bonchev–Trinajstić information content (AvgIpc) is 3.13. The van der Waals surface area contributed by atoms with Gasteiger partial charge in [-0.3, -0.25) is 9.59 Å². The fraction of sp³-hybridized carbons (Fsp3) is 0.520. The van der Waals surface area contributed by atoms with Crippen molar-refractivity contribution in [1.82, 2.24) is 14.5 Å². The molecule has 0 saturated heterocycles. The molecule has 3 rings (SSSR count). The lowest BCUT2D eigenvalue weighted by Gasteiger charge is -2.31. The number of aromatic nitrogens is 2. The van der Waals surface area contributed by atoms with E-state index in [2.05, 4.69) is 56.2 Å². The molecule has 1 unspecified atom stereocenters. The van der Waals surface area contributed by atoms with Crippen molar-refractivity contribution in [3.05, 3.63) is 58.2 Å². The van der Waals surface area contributed by atoms with Crippen LogP contribution in [-0.4, -0.2) is 36.3 Å². The quantitative estimate of drug-likeness (QED) is 0.445. The van der Waals surface area contributed by atoms with Crippen LogP contribution in [0, 0.1) is 0 Å². The van der Waals surface area contributed by atoms with E-state index < -0.39 is 8.07 Å². The topological polar surface area (TPSA) is 65.3 Å². The Kier molecular flexibility index (Phi) is 7.30. The molecule has 1 atom stereocenters. The third-order valence-corrected chi connectivity index (χ3v) is 8.04. The van der Waals surface area contributed by atoms with Crippen molar-refractivity contribution in [2.45, 2.75) is 64.5 Å². The highest BCUT2D eigenvalue weighted by atomic mass is 28.3. The number of nitrogens with one attached hydrogen (secondary N) is 1. The zero-order valence-electron chi connectivity index (χ0n) is 20.3. The molecule has 0 aromatic carbocycles. The SMILES string of the molecule is CCNC(=O)c1cc2c(C3(CC)C=CC=CC3)cn(C)c(=O)c2n1COCC[Si](C)(C)C. The number of aryl methyl sites for hydroxylation is 1. The fourth-order valence-electron chi connectivity index (χ4n) is 4.30. The molecule has 0 bridgehead atoms. The van der Waals surface area contributed by atoms with Gasteiger partial charge < -0.3 is 19.2 Å². The number of carbonyl (C=O) groups is 1. The molecule has 1 N–H and O–H groups in total. The predicted octanol–water partition coefficient (Wildman–Crippen LogP) is 4.57. The second-order valence-corrected chi connectivity index (χ2v) is 15.5. The van der Waals surface area contributed by atoms with E-state index in [9.17, 15) is 9.59 Å². The molecule has 6 nitrogen and oxygen atoms in total. The van der Waals surface area contributed by atoms with Gasteiger partial charge in [0.15, 0.2) is 0 Å². The molecule has 1 amide bonds.